The van der Waals surface area contributed by atoms with Gasteiger partial charge in [-0.3, -0.25) is 4.79 Å². The molecule has 54 heavy (non-hydrogen) atoms. The van der Waals surface area contributed by atoms with Gasteiger partial charge in [-0.25, -0.2) is 19.4 Å². The number of amides is 3. The van der Waals surface area contributed by atoms with E-state index < -0.39 is 60.3 Å². The Morgan fingerprint density at radius 3 is 2.39 bits per heavy atom. The molecule has 2 unspecified atom stereocenters. The number of hydrogen-bond acceptors (Lipinski definition) is 10. The van der Waals surface area contributed by atoms with E-state index in [2.05, 4.69) is 20.7 Å². The Balaban J connectivity index is 1.60. The van der Waals surface area contributed by atoms with Crippen LogP contribution in [0.2, 0.25) is 0 Å². The van der Waals surface area contributed by atoms with Crippen LogP contribution in [0.5, 0.6) is 11.5 Å². The first kappa shape index (κ1) is 40.9. The number of benzene rings is 2. The van der Waals surface area contributed by atoms with Crippen LogP contribution in [0.25, 0.3) is 0 Å². The number of imidazole rings is 1. The van der Waals surface area contributed by atoms with Crippen molar-refractivity contribution in [1.29, 1.82) is 5.26 Å². The lowest BCUT2D eigenvalue weighted by Crippen LogP contribution is -2.51. The van der Waals surface area contributed by atoms with Gasteiger partial charge in [0.25, 0.3) is 0 Å². The highest BCUT2D eigenvalue weighted by atomic mass is 19.4. The van der Waals surface area contributed by atoms with Gasteiger partial charge in [0, 0.05) is 20.1 Å². The van der Waals surface area contributed by atoms with Gasteiger partial charge in [0.05, 0.1) is 41.3 Å². The number of likely N-dealkylation sites (tertiary alicyclic amines) is 1. The molecule has 290 valence electrons. The van der Waals surface area contributed by atoms with Gasteiger partial charge in [-0.1, -0.05) is 31.5 Å². The maximum atomic E-state index is 14.3. The van der Waals surface area contributed by atoms with Crippen LogP contribution >= 0.6 is 0 Å². The second-order valence-corrected chi connectivity index (χ2v) is 12.5. The van der Waals surface area contributed by atoms with Crippen molar-refractivity contribution in [3.8, 4) is 17.6 Å². The van der Waals surface area contributed by atoms with Crippen LogP contribution in [0.15, 0.2) is 55.0 Å². The molecule has 3 N–H and O–H groups in total. The predicted octanol–water partition coefficient (Wildman–Crippen LogP) is 5.02. The number of nitriles is 1. The number of hydroxylamine groups is 3. The Morgan fingerprint density at radius 1 is 1.07 bits per heavy atom. The number of urea groups is 1. The topological polar surface area (TPSA) is 182 Å². The molecule has 3 amide bonds. The van der Waals surface area contributed by atoms with E-state index >= 15 is 0 Å². The van der Waals surface area contributed by atoms with Crippen LogP contribution in [0, 0.1) is 11.3 Å². The largest absolute Gasteiger partial charge is 0.493 e. The van der Waals surface area contributed by atoms with E-state index in [0.717, 1.165) is 5.48 Å². The normalized spacial score (nSPS) is 17.4. The minimum Gasteiger partial charge on any atom is -0.456 e. The van der Waals surface area contributed by atoms with E-state index in [4.69, 9.17) is 10.5 Å². The van der Waals surface area contributed by atoms with Crippen LogP contribution in [0.3, 0.4) is 0 Å². The molecule has 1 fully saturated rings. The third-order valence-corrected chi connectivity index (χ3v) is 8.93. The van der Waals surface area contributed by atoms with Gasteiger partial charge in [0.15, 0.2) is 0 Å². The molecule has 4 rings (SSSR count). The highest BCUT2D eigenvalue weighted by Crippen LogP contribution is 2.40. The fourth-order valence-electron chi connectivity index (χ4n) is 6.02. The molecule has 2 heterocycles. The SMILES string of the molecule is CCC1(c2cccc(Oc3cc(C(C)(N)c4cncn4C)ccc3C#N)c2)CCCCN(CCN(OC(=O)C(F)(F)F)C(=O)NOC(=O)C(F)(F)F)C1=O. The number of rotatable bonds is 9. The van der Waals surface area contributed by atoms with Crippen molar-refractivity contribution in [3.05, 3.63) is 77.4 Å². The molecule has 20 heteroatoms. The van der Waals surface area contributed by atoms with Gasteiger partial charge in [0.1, 0.15) is 17.6 Å². The maximum absolute atomic E-state index is 14.3. The molecule has 0 aliphatic carbocycles. The molecule has 2 atom stereocenters. The average molecular weight is 768 g/mol. The fourth-order valence-corrected chi connectivity index (χ4v) is 6.02. The second-order valence-electron chi connectivity index (χ2n) is 12.5. The zero-order valence-electron chi connectivity index (χ0n) is 29.1. The molecule has 1 saturated heterocycles. The van der Waals surface area contributed by atoms with Gasteiger partial charge in [-0.2, -0.15) is 37.1 Å². The molecule has 1 aliphatic heterocycles. The van der Waals surface area contributed by atoms with E-state index in [-0.39, 0.29) is 35.1 Å². The van der Waals surface area contributed by atoms with E-state index in [1.807, 2.05) is 0 Å². The molecule has 1 aliphatic rings. The predicted molar refractivity (Wildman–Crippen MR) is 173 cm³/mol. The van der Waals surface area contributed by atoms with E-state index in [0.29, 0.717) is 36.1 Å². The molecule has 0 bridgehead atoms. The van der Waals surface area contributed by atoms with Crippen molar-refractivity contribution in [3.63, 3.8) is 0 Å². The fraction of sp³-hybridized carbons (Fsp3) is 0.412. The number of nitrogens with zero attached hydrogens (tertiary/aromatic N) is 5. The van der Waals surface area contributed by atoms with Crippen LogP contribution in [-0.4, -0.2) is 75.4 Å². The van der Waals surface area contributed by atoms with Gasteiger partial charge in [-0.15, -0.1) is 5.06 Å². The zero-order valence-corrected chi connectivity index (χ0v) is 29.1. The van der Waals surface area contributed by atoms with Crippen LogP contribution in [0.1, 0.15) is 61.9 Å². The van der Waals surface area contributed by atoms with E-state index in [1.54, 1.807) is 80.5 Å². The first-order valence-electron chi connectivity index (χ1n) is 16.3. The Hall–Kier alpha value is -5.84. The Labute approximate surface area is 304 Å². The van der Waals surface area contributed by atoms with Crippen molar-refractivity contribution in [2.75, 3.05) is 19.6 Å². The van der Waals surface area contributed by atoms with E-state index in [1.165, 1.54) is 4.90 Å². The lowest BCUT2D eigenvalue weighted by atomic mass is 9.73. The van der Waals surface area contributed by atoms with Gasteiger partial charge >= 0.3 is 30.3 Å². The number of aryl methyl sites for hydroxylation is 1. The minimum atomic E-state index is -5.62. The van der Waals surface area contributed by atoms with Gasteiger partial charge in [0.2, 0.25) is 5.91 Å². The number of nitrogens with one attached hydrogen (secondary N) is 1. The minimum absolute atomic E-state index is 0.0509. The standard InChI is InChI=1S/C34H35F6N7O7/c1-4-32(23-8-7-9-24(16-23)52-25-17-22(11-10-21(25)18-41)31(2,42)26-19-43-20-45(26)3)12-5-6-13-46(27(32)48)14-15-47(54-29(50)34(38,39)40)30(51)44-53-28(49)33(35,36)37/h7-11,16-17,19-20H,4-6,12-15,42H2,1-3H3,(H,44,51). The third-order valence-electron chi connectivity index (χ3n) is 8.93. The first-order chi connectivity index (χ1) is 25.2. The summed E-state index contributed by atoms with van der Waals surface area (Å²) in [5.74, 6) is -5.89. The number of carbonyl (C=O) groups is 4. The third kappa shape index (κ3) is 9.02. The molecule has 0 spiro atoms. The summed E-state index contributed by atoms with van der Waals surface area (Å²) in [5.41, 5.74) is 7.41. The molecule has 3 aromatic rings. The number of carbonyl (C=O) groups excluding carboxylic acids is 4. The Kier molecular flexibility index (Phi) is 12.2. The average Bonchev–Trinajstić information content (AvgIpc) is 3.49. The van der Waals surface area contributed by atoms with E-state index in [9.17, 15) is 50.8 Å². The molecular weight excluding hydrogens is 732 g/mol. The number of halogens is 6. The molecule has 0 saturated carbocycles. The number of ether oxygens (including phenoxy) is 1. The number of aromatic nitrogens is 2. The van der Waals surface area contributed by atoms with Gasteiger partial charge in [-0.05, 0) is 61.6 Å². The Bertz CT molecular complexity index is 1920. The monoisotopic (exact) mass is 767 g/mol. The summed E-state index contributed by atoms with van der Waals surface area (Å²) in [4.78, 5) is 62.2. The van der Waals surface area contributed by atoms with Crippen molar-refractivity contribution >= 4 is 23.9 Å². The maximum Gasteiger partial charge on any atom is 0.493 e. The van der Waals surface area contributed by atoms with Crippen molar-refractivity contribution in [2.45, 2.75) is 62.8 Å². The molecule has 0 radical (unpaired) electrons. The zero-order chi connectivity index (χ0) is 40.1. The number of nitrogens with two attached hydrogens (primary N) is 1. The first-order valence-corrected chi connectivity index (χ1v) is 16.3. The van der Waals surface area contributed by atoms with Crippen molar-refractivity contribution in [1.82, 2.24) is 25.0 Å². The lowest BCUT2D eigenvalue weighted by Gasteiger charge is -2.35. The summed E-state index contributed by atoms with van der Waals surface area (Å²) in [6.45, 7) is 2.06. The van der Waals surface area contributed by atoms with Crippen LogP contribution in [-0.2, 0) is 42.1 Å². The molecular formula is C34H35F6N7O7. The summed E-state index contributed by atoms with van der Waals surface area (Å²) in [5, 5.41) is 9.54. The highest BCUT2D eigenvalue weighted by molar-refractivity contribution is 5.89. The van der Waals surface area contributed by atoms with Crippen LogP contribution in [0.4, 0.5) is 31.1 Å². The van der Waals surface area contributed by atoms with Gasteiger partial charge < -0.3 is 29.6 Å². The summed E-state index contributed by atoms with van der Waals surface area (Å²) in [7, 11) is 1.79. The second kappa shape index (κ2) is 16.0. The van der Waals surface area contributed by atoms with Crippen molar-refractivity contribution in [2.24, 2.45) is 12.8 Å². The summed E-state index contributed by atoms with van der Waals surface area (Å²) < 4.78 is 84.5. The van der Waals surface area contributed by atoms with Crippen LogP contribution < -0.4 is 16.0 Å². The summed E-state index contributed by atoms with van der Waals surface area (Å²) >= 11 is 0. The summed E-state index contributed by atoms with van der Waals surface area (Å²) in [6, 6.07) is 11.5. The molecule has 1 aromatic heterocycles. The molecule has 14 nitrogen and oxygen atoms in total. The molecule has 2 aromatic carbocycles. The smallest absolute Gasteiger partial charge is 0.456 e. The number of alkyl halides is 6. The lowest BCUT2D eigenvalue weighted by molar-refractivity contribution is -0.230. The quantitative estimate of drug-likeness (QED) is 0.222. The number of hydrogen-bond donors (Lipinski definition) is 2. The van der Waals surface area contributed by atoms with Crippen molar-refractivity contribution < 1.29 is 59.9 Å². The highest BCUT2D eigenvalue weighted by Gasteiger charge is 2.46. The summed E-state index contributed by atoms with van der Waals surface area (Å²) in [6.07, 6.45) is -6.51. The Morgan fingerprint density at radius 2 is 1.78 bits per heavy atom.